The Morgan fingerprint density at radius 1 is 1.40 bits per heavy atom. The highest BCUT2D eigenvalue weighted by atomic mass is 16.1. The van der Waals surface area contributed by atoms with E-state index in [0.717, 1.165) is 32.5 Å². The van der Waals surface area contributed by atoms with Crippen LogP contribution < -0.4 is 10.6 Å². The molecule has 0 unspecified atom stereocenters. The van der Waals surface area contributed by atoms with Crippen LogP contribution in [0.3, 0.4) is 0 Å². The Kier molecular flexibility index (Phi) is 1.20. The van der Waals surface area contributed by atoms with Crippen LogP contribution in [0, 0.1) is 5.41 Å². The number of nitrogens with one attached hydrogen (secondary N) is 2. The first-order valence-corrected chi connectivity index (χ1v) is 3.78. The van der Waals surface area contributed by atoms with Gasteiger partial charge in [0.15, 0.2) is 0 Å². The zero-order valence-electron chi connectivity index (χ0n) is 5.94. The molecule has 0 aromatic heterocycles. The van der Waals surface area contributed by atoms with E-state index in [1.54, 1.807) is 0 Å². The quantitative estimate of drug-likeness (QED) is 0.475. The third kappa shape index (κ3) is 0.814. The molecule has 2 fully saturated rings. The van der Waals surface area contributed by atoms with Crippen LogP contribution in [0.15, 0.2) is 0 Å². The predicted octanol–water partition coefficient (Wildman–Crippen LogP) is -0.514. The van der Waals surface area contributed by atoms with Gasteiger partial charge in [0.05, 0.1) is 0 Å². The summed E-state index contributed by atoms with van der Waals surface area (Å²) in [6, 6.07) is 0. The lowest BCUT2D eigenvalue weighted by molar-refractivity contribution is -0.119. The first-order chi connectivity index (χ1) is 4.81. The molecule has 1 spiro atoms. The molecule has 1 atom stereocenters. The van der Waals surface area contributed by atoms with Crippen LogP contribution >= 0.6 is 0 Å². The van der Waals surface area contributed by atoms with Crippen LogP contribution in [0.4, 0.5) is 0 Å². The summed E-state index contributed by atoms with van der Waals surface area (Å²) in [7, 11) is 0. The van der Waals surface area contributed by atoms with Gasteiger partial charge in [0, 0.05) is 24.9 Å². The first-order valence-electron chi connectivity index (χ1n) is 3.78. The Bertz CT molecular complexity index is 161. The lowest BCUT2D eigenvalue weighted by Gasteiger charge is -2.17. The molecule has 2 N–H and O–H groups in total. The average Bonchev–Trinajstić information content (AvgIpc) is 2.46. The van der Waals surface area contributed by atoms with Crippen molar-refractivity contribution >= 4 is 5.91 Å². The molecule has 0 bridgehead atoms. The number of rotatable bonds is 0. The van der Waals surface area contributed by atoms with Gasteiger partial charge in [-0.3, -0.25) is 4.79 Å². The molecular formula is C7H12N2O. The van der Waals surface area contributed by atoms with Crippen molar-refractivity contribution in [3.8, 4) is 0 Å². The molecule has 3 heteroatoms. The second kappa shape index (κ2) is 1.95. The van der Waals surface area contributed by atoms with Crippen LogP contribution in [0.2, 0.25) is 0 Å². The van der Waals surface area contributed by atoms with Gasteiger partial charge in [0.1, 0.15) is 0 Å². The Morgan fingerprint density at radius 2 is 2.30 bits per heavy atom. The van der Waals surface area contributed by atoms with Crippen LogP contribution in [-0.2, 0) is 4.79 Å². The van der Waals surface area contributed by atoms with Gasteiger partial charge in [-0.05, 0) is 13.0 Å². The highest BCUT2D eigenvalue weighted by Crippen LogP contribution is 2.31. The fourth-order valence-corrected chi connectivity index (χ4v) is 1.85. The Hall–Kier alpha value is -0.570. The van der Waals surface area contributed by atoms with Crippen molar-refractivity contribution in [3.05, 3.63) is 0 Å². The van der Waals surface area contributed by atoms with Crippen LogP contribution in [0.25, 0.3) is 0 Å². The Labute approximate surface area is 60.2 Å². The summed E-state index contributed by atoms with van der Waals surface area (Å²) in [5.74, 6) is 0.226. The van der Waals surface area contributed by atoms with E-state index in [-0.39, 0.29) is 11.3 Å². The molecule has 56 valence electrons. The van der Waals surface area contributed by atoms with Gasteiger partial charge in [0.2, 0.25) is 5.91 Å². The molecule has 0 radical (unpaired) electrons. The molecule has 0 aromatic carbocycles. The first kappa shape index (κ1) is 6.16. The van der Waals surface area contributed by atoms with E-state index >= 15 is 0 Å². The SMILES string of the molecule is O=C1C[C@]2(CCNC2)CN1. The van der Waals surface area contributed by atoms with Crippen molar-refractivity contribution in [1.82, 2.24) is 10.6 Å². The number of carbonyl (C=O) groups excluding carboxylic acids is 1. The minimum Gasteiger partial charge on any atom is -0.355 e. The zero-order chi connectivity index (χ0) is 7.03. The number of hydrogen-bond acceptors (Lipinski definition) is 2. The fraction of sp³-hybridized carbons (Fsp3) is 0.857. The molecule has 2 rings (SSSR count). The summed E-state index contributed by atoms with van der Waals surface area (Å²) in [4.78, 5) is 10.9. The molecule has 2 saturated heterocycles. The fourth-order valence-electron chi connectivity index (χ4n) is 1.85. The van der Waals surface area contributed by atoms with E-state index in [9.17, 15) is 4.79 Å². The molecule has 0 aromatic rings. The molecule has 0 saturated carbocycles. The molecular weight excluding hydrogens is 128 g/mol. The molecule has 2 heterocycles. The van der Waals surface area contributed by atoms with E-state index in [0.29, 0.717) is 0 Å². The number of carbonyl (C=O) groups is 1. The summed E-state index contributed by atoms with van der Waals surface area (Å²) >= 11 is 0. The molecule has 0 aliphatic carbocycles. The van der Waals surface area contributed by atoms with Crippen LogP contribution in [0.5, 0.6) is 0 Å². The van der Waals surface area contributed by atoms with Gasteiger partial charge in [-0.2, -0.15) is 0 Å². The zero-order valence-corrected chi connectivity index (χ0v) is 5.94. The largest absolute Gasteiger partial charge is 0.355 e. The van der Waals surface area contributed by atoms with Crippen molar-refractivity contribution in [1.29, 1.82) is 0 Å². The van der Waals surface area contributed by atoms with Crippen LogP contribution in [-0.4, -0.2) is 25.5 Å². The lowest BCUT2D eigenvalue weighted by atomic mass is 9.86. The minimum absolute atomic E-state index is 0.226. The summed E-state index contributed by atoms with van der Waals surface area (Å²) < 4.78 is 0. The Balaban J connectivity index is 2.09. The summed E-state index contributed by atoms with van der Waals surface area (Å²) in [6.07, 6.45) is 1.89. The standard InChI is InChI=1S/C7H12N2O/c10-6-3-7(5-9-6)1-2-8-4-7/h8H,1-5H2,(H,9,10)/t7-/m0/s1. The van der Waals surface area contributed by atoms with Crippen molar-refractivity contribution in [2.24, 2.45) is 5.41 Å². The minimum atomic E-state index is 0.226. The third-order valence-electron chi connectivity index (χ3n) is 2.53. The second-order valence-electron chi connectivity index (χ2n) is 3.38. The van der Waals surface area contributed by atoms with Gasteiger partial charge in [0.25, 0.3) is 0 Å². The summed E-state index contributed by atoms with van der Waals surface area (Å²) in [5, 5.41) is 6.16. The molecule has 2 aliphatic heterocycles. The maximum absolute atomic E-state index is 10.9. The van der Waals surface area contributed by atoms with E-state index in [2.05, 4.69) is 10.6 Å². The van der Waals surface area contributed by atoms with Gasteiger partial charge in [-0.1, -0.05) is 0 Å². The highest BCUT2D eigenvalue weighted by Gasteiger charge is 2.40. The maximum Gasteiger partial charge on any atom is 0.220 e. The normalized spacial score (nSPS) is 39.0. The van der Waals surface area contributed by atoms with Crippen molar-refractivity contribution in [2.45, 2.75) is 12.8 Å². The van der Waals surface area contributed by atoms with E-state index < -0.39 is 0 Å². The highest BCUT2D eigenvalue weighted by molar-refractivity contribution is 5.79. The van der Waals surface area contributed by atoms with Crippen molar-refractivity contribution in [3.63, 3.8) is 0 Å². The van der Waals surface area contributed by atoms with E-state index in [1.165, 1.54) is 0 Å². The molecule has 2 aliphatic rings. The number of amides is 1. The van der Waals surface area contributed by atoms with Gasteiger partial charge < -0.3 is 10.6 Å². The topological polar surface area (TPSA) is 41.1 Å². The van der Waals surface area contributed by atoms with Crippen molar-refractivity contribution in [2.75, 3.05) is 19.6 Å². The molecule has 1 amide bonds. The van der Waals surface area contributed by atoms with E-state index in [4.69, 9.17) is 0 Å². The third-order valence-corrected chi connectivity index (χ3v) is 2.53. The van der Waals surface area contributed by atoms with Crippen molar-refractivity contribution < 1.29 is 4.79 Å². The maximum atomic E-state index is 10.9. The Morgan fingerprint density at radius 3 is 2.80 bits per heavy atom. The summed E-state index contributed by atoms with van der Waals surface area (Å²) in [5.41, 5.74) is 0.289. The monoisotopic (exact) mass is 140 g/mol. The molecule has 10 heavy (non-hydrogen) atoms. The number of hydrogen-bond donors (Lipinski definition) is 2. The second-order valence-corrected chi connectivity index (χ2v) is 3.38. The molecule has 3 nitrogen and oxygen atoms in total. The van der Waals surface area contributed by atoms with E-state index in [1.807, 2.05) is 0 Å². The smallest absolute Gasteiger partial charge is 0.220 e. The predicted molar refractivity (Wildman–Crippen MR) is 37.5 cm³/mol. The lowest BCUT2D eigenvalue weighted by Crippen LogP contribution is -2.26. The van der Waals surface area contributed by atoms with Gasteiger partial charge in [-0.25, -0.2) is 0 Å². The van der Waals surface area contributed by atoms with Gasteiger partial charge in [-0.15, -0.1) is 0 Å². The summed E-state index contributed by atoms with van der Waals surface area (Å²) in [6.45, 7) is 2.99. The van der Waals surface area contributed by atoms with Crippen LogP contribution in [0.1, 0.15) is 12.8 Å². The average molecular weight is 140 g/mol. The van der Waals surface area contributed by atoms with Gasteiger partial charge >= 0.3 is 0 Å².